The van der Waals surface area contributed by atoms with E-state index in [-0.39, 0.29) is 11.9 Å². The Morgan fingerprint density at radius 3 is 2.83 bits per heavy atom. The van der Waals surface area contributed by atoms with Crippen molar-refractivity contribution in [3.8, 4) is 11.5 Å². The van der Waals surface area contributed by atoms with E-state index in [0.717, 1.165) is 5.56 Å². The molecule has 0 spiro atoms. The molecule has 23 heavy (non-hydrogen) atoms. The van der Waals surface area contributed by atoms with E-state index in [2.05, 4.69) is 15.5 Å². The Morgan fingerprint density at radius 2 is 2.17 bits per heavy atom. The van der Waals surface area contributed by atoms with E-state index >= 15 is 0 Å². The van der Waals surface area contributed by atoms with Crippen molar-refractivity contribution in [3.63, 3.8) is 0 Å². The van der Waals surface area contributed by atoms with Crippen LogP contribution in [0.15, 0.2) is 28.7 Å². The second kappa shape index (κ2) is 8.08. The summed E-state index contributed by atoms with van der Waals surface area (Å²) >= 11 is 5.98. The summed E-state index contributed by atoms with van der Waals surface area (Å²) in [6.45, 7) is 7.44. The fourth-order valence-electron chi connectivity index (χ4n) is 2.26. The Labute approximate surface area is 140 Å². The highest BCUT2D eigenvalue weighted by Gasteiger charge is 2.22. The predicted molar refractivity (Wildman–Crippen MR) is 89.1 cm³/mol. The molecule has 0 aliphatic rings. The van der Waals surface area contributed by atoms with Crippen molar-refractivity contribution in [3.05, 3.63) is 35.2 Å². The minimum absolute atomic E-state index is 0.0178. The summed E-state index contributed by atoms with van der Waals surface area (Å²) in [5, 5.41) is 11.6. The molecular weight excluding hydrogens is 316 g/mol. The summed E-state index contributed by atoms with van der Waals surface area (Å²) in [7, 11) is 0. The highest BCUT2D eigenvalue weighted by atomic mass is 35.5. The van der Waals surface area contributed by atoms with E-state index in [9.17, 15) is 4.79 Å². The van der Waals surface area contributed by atoms with Gasteiger partial charge in [0.15, 0.2) is 0 Å². The molecule has 2 aromatic rings. The SMILES string of the molecule is CCNC(=O)CN(CC)[C@H](C)c1nnc(-c2cccc(Cl)c2)o1. The van der Waals surface area contributed by atoms with Gasteiger partial charge in [0.2, 0.25) is 17.7 Å². The zero-order chi connectivity index (χ0) is 16.8. The van der Waals surface area contributed by atoms with Crippen LogP contribution in [0.3, 0.4) is 0 Å². The molecule has 1 atom stereocenters. The average molecular weight is 337 g/mol. The van der Waals surface area contributed by atoms with E-state index in [4.69, 9.17) is 16.0 Å². The number of halogens is 1. The van der Waals surface area contributed by atoms with Gasteiger partial charge in [-0.25, -0.2) is 0 Å². The first-order valence-corrected chi connectivity index (χ1v) is 8.03. The molecule has 1 heterocycles. The molecule has 0 unspecified atom stereocenters. The molecule has 0 radical (unpaired) electrons. The second-order valence-electron chi connectivity index (χ2n) is 5.15. The number of carbonyl (C=O) groups is 1. The fourth-order valence-corrected chi connectivity index (χ4v) is 2.45. The lowest BCUT2D eigenvalue weighted by molar-refractivity contribution is -0.122. The van der Waals surface area contributed by atoms with Crippen LogP contribution in [0.4, 0.5) is 0 Å². The van der Waals surface area contributed by atoms with Crippen LogP contribution in [-0.4, -0.2) is 40.6 Å². The molecule has 2 rings (SSSR count). The third-order valence-corrected chi connectivity index (χ3v) is 3.78. The van der Waals surface area contributed by atoms with Gasteiger partial charge in [-0.2, -0.15) is 0 Å². The molecule has 7 heteroatoms. The Morgan fingerprint density at radius 1 is 1.39 bits per heavy atom. The van der Waals surface area contributed by atoms with Crippen LogP contribution < -0.4 is 5.32 Å². The van der Waals surface area contributed by atoms with Gasteiger partial charge in [-0.3, -0.25) is 9.69 Å². The van der Waals surface area contributed by atoms with Crippen LogP contribution in [0.5, 0.6) is 0 Å². The molecule has 0 bridgehead atoms. The monoisotopic (exact) mass is 336 g/mol. The smallest absolute Gasteiger partial charge is 0.247 e. The number of nitrogens with zero attached hydrogens (tertiary/aromatic N) is 3. The van der Waals surface area contributed by atoms with E-state index in [0.29, 0.717) is 36.4 Å². The molecule has 1 aromatic carbocycles. The molecule has 0 saturated heterocycles. The normalized spacial score (nSPS) is 12.4. The van der Waals surface area contributed by atoms with Gasteiger partial charge in [0.25, 0.3) is 0 Å². The molecule has 0 fully saturated rings. The van der Waals surface area contributed by atoms with Gasteiger partial charge in [-0.15, -0.1) is 10.2 Å². The summed E-state index contributed by atoms with van der Waals surface area (Å²) < 4.78 is 5.76. The fraction of sp³-hybridized carbons (Fsp3) is 0.438. The number of nitrogens with one attached hydrogen (secondary N) is 1. The topological polar surface area (TPSA) is 71.3 Å². The van der Waals surface area contributed by atoms with Gasteiger partial charge in [-0.1, -0.05) is 24.6 Å². The molecule has 1 aromatic heterocycles. The summed E-state index contributed by atoms with van der Waals surface area (Å²) in [6, 6.07) is 7.10. The van der Waals surface area contributed by atoms with Crippen molar-refractivity contribution in [2.45, 2.75) is 26.8 Å². The van der Waals surface area contributed by atoms with Gasteiger partial charge >= 0.3 is 0 Å². The van der Waals surface area contributed by atoms with Gasteiger partial charge in [0, 0.05) is 17.1 Å². The van der Waals surface area contributed by atoms with Crippen LogP contribution in [-0.2, 0) is 4.79 Å². The predicted octanol–water partition coefficient (Wildman–Crippen LogP) is 2.91. The van der Waals surface area contributed by atoms with Crippen LogP contribution in [0.25, 0.3) is 11.5 Å². The molecule has 0 aliphatic heterocycles. The number of hydrogen-bond donors (Lipinski definition) is 1. The van der Waals surface area contributed by atoms with E-state index in [1.54, 1.807) is 12.1 Å². The first kappa shape index (κ1) is 17.4. The number of rotatable bonds is 7. The van der Waals surface area contributed by atoms with Gasteiger partial charge in [0.1, 0.15) is 0 Å². The van der Waals surface area contributed by atoms with Gasteiger partial charge < -0.3 is 9.73 Å². The van der Waals surface area contributed by atoms with Crippen molar-refractivity contribution >= 4 is 17.5 Å². The summed E-state index contributed by atoms with van der Waals surface area (Å²) in [6.07, 6.45) is 0. The van der Waals surface area contributed by atoms with E-state index in [1.165, 1.54) is 0 Å². The molecule has 1 amide bonds. The zero-order valence-corrected chi connectivity index (χ0v) is 14.3. The van der Waals surface area contributed by atoms with Crippen LogP contribution in [0, 0.1) is 0 Å². The maximum Gasteiger partial charge on any atom is 0.247 e. The summed E-state index contributed by atoms with van der Waals surface area (Å²) in [4.78, 5) is 13.8. The minimum atomic E-state index is -0.150. The number of aromatic nitrogens is 2. The van der Waals surface area contributed by atoms with E-state index in [1.807, 2.05) is 37.8 Å². The molecule has 0 aliphatic carbocycles. The number of hydrogen-bond acceptors (Lipinski definition) is 5. The second-order valence-corrected chi connectivity index (χ2v) is 5.58. The standard InChI is InChI=1S/C16H21ClN4O2/c1-4-18-14(22)10-21(5-2)11(3)15-19-20-16(23-15)12-7-6-8-13(17)9-12/h6-9,11H,4-5,10H2,1-3H3,(H,18,22)/t11-/m1/s1. The van der Waals surface area contributed by atoms with Crippen LogP contribution in [0.1, 0.15) is 32.7 Å². The van der Waals surface area contributed by atoms with Crippen molar-refractivity contribution in [1.82, 2.24) is 20.4 Å². The maximum absolute atomic E-state index is 11.8. The lowest BCUT2D eigenvalue weighted by atomic mass is 10.2. The highest BCUT2D eigenvalue weighted by molar-refractivity contribution is 6.30. The number of carbonyl (C=O) groups excluding carboxylic acids is 1. The summed E-state index contributed by atoms with van der Waals surface area (Å²) in [5.74, 6) is 0.880. The Hall–Kier alpha value is -1.92. The lowest BCUT2D eigenvalue weighted by Gasteiger charge is -2.24. The Bertz CT molecular complexity index is 659. The quantitative estimate of drug-likeness (QED) is 0.841. The van der Waals surface area contributed by atoms with E-state index < -0.39 is 0 Å². The lowest BCUT2D eigenvalue weighted by Crippen LogP contribution is -2.38. The molecule has 6 nitrogen and oxygen atoms in total. The molecule has 124 valence electrons. The maximum atomic E-state index is 11.8. The largest absolute Gasteiger partial charge is 0.419 e. The van der Waals surface area contributed by atoms with Crippen molar-refractivity contribution < 1.29 is 9.21 Å². The Kier molecular flexibility index (Phi) is 6.12. The minimum Gasteiger partial charge on any atom is -0.419 e. The number of benzene rings is 1. The summed E-state index contributed by atoms with van der Waals surface area (Å²) in [5.41, 5.74) is 0.773. The first-order chi connectivity index (χ1) is 11.0. The van der Waals surface area contributed by atoms with Gasteiger partial charge in [-0.05, 0) is 38.6 Å². The molecular formula is C16H21ClN4O2. The van der Waals surface area contributed by atoms with Crippen molar-refractivity contribution in [1.29, 1.82) is 0 Å². The van der Waals surface area contributed by atoms with Gasteiger partial charge in [0.05, 0.1) is 12.6 Å². The molecule has 1 N–H and O–H groups in total. The highest BCUT2D eigenvalue weighted by Crippen LogP contribution is 2.25. The zero-order valence-electron chi connectivity index (χ0n) is 13.5. The third kappa shape index (κ3) is 4.53. The molecule has 0 saturated carbocycles. The van der Waals surface area contributed by atoms with Crippen LogP contribution in [0.2, 0.25) is 5.02 Å². The van der Waals surface area contributed by atoms with Crippen molar-refractivity contribution in [2.75, 3.05) is 19.6 Å². The number of likely N-dealkylation sites (N-methyl/N-ethyl adjacent to an activating group) is 2. The van der Waals surface area contributed by atoms with Crippen molar-refractivity contribution in [2.24, 2.45) is 0 Å². The van der Waals surface area contributed by atoms with Crippen LogP contribution >= 0.6 is 11.6 Å². The first-order valence-electron chi connectivity index (χ1n) is 7.65. The average Bonchev–Trinajstić information content (AvgIpc) is 3.02. The Balaban J connectivity index is 2.13. The number of amides is 1. The third-order valence-electron chi connectivity index (χ3n) is 3.54.